The van der Waals surface area contributed by atoms with Crippen LogP contribution in [0.15, 0.2) is 0 Å². The molecule has 0 bridgehead atoms. The highest BCUT2D eigenvalue weighted by Crippen LogP contribution is 1.97. The molecule has 0 aliphatic heterocycles. The lowest BCUT2D eigenvalue weighted by Crippen LogP contribution is -2.35. The molecule has 0 aliphatic rings. The third-order valence-corrected chi connectivity index (χ3v) is 2.83. The lowest BCUT2D eigenvalue weighted by atomic mass is 10.3. The van der Waals surface area contributed by atoms with Crippen LogP contribution in [-0.4, -0.2) is 49.5 Å². The zero-order chi connectivity index (χ0) is 10.8. The topological polar surface area (TPSA) is 32.3 Å². The molecule has 0 fully saturated rings. The van der Waals surface area contributed by atoms with Crippen LogP contribution in [0.5, 0.6) is 0 Å². The van der Waals surface area contributed by atoms with Gasteiger partial charge >= 0.3 is 0 Å². The summed E-state index contributed by atoms with van der Waals surface area (Å²) in [5, 5.41) is 3.16. The second-order valence-corrected chi connectivity index (χ2v) is 4.27. The number of hydrogen-bond acceptors (Lipinski definition) is 3. The van der Waals surface area contributed by atoms with Gasteiger partial charge in [-0.05, 0) is 38.3 Å². The Kier molecular flexibility index (Phi) is 9.19. The smallest absolute Gasteiger partial charge is 0.236 e. The molecule has 1 N–H and O–H groups in total. The number of likely N-dealkylation sites (N-methyl/N-ethyl adjacent to an activating group) is 1. The first kappa shape index (κ1) is 13.8. The van der Waals surface area contributed by atoms with E-state index in [1.165, 1.54) is 12.2 Å². The molecule has 1 amide bonds. The Hall–Kier alpha value is -0.220. The Bertz CT molecular complexity index is 153. The quantitative estimate of drug-likeness (QED) is 0.621. The van der Waals surface area contributed by atoms with Crippen LogP contribution in [-0.2, 0) is 4.79 Å². The van der Waals surface area contributed by atoms with E-state index in [4.69, 9.17) is 0 Å². The molecule has 0 aromatic rings. The summed E-state index contributed by atoms with van der Waals surface area (Å²) < 4.78 is 0. The molecule has 0 unspecified atom stereocenters. The van der Waals surface area contributed by atoms with Crippen molar-refractivity contribution >= 4 is 17.7 Å². The van der Waals surface area contributed by atoms with Gasteiger partial charge in [-0.2, -0.15) is 11.8 Å². The maximum atomic E-state index is 11.3. The van der Waals surface area contributed by atoms with Gasteiger partial charge in [-0.1, -0.05) is 0 Å². The van der Waals surface area contributed by atoms with E-state index in [0.29, 0.717) is 6.54 Å². The number of carbonyl (C=O) groups excluding carboxylic acids is 1. The standard InChI is InChI=1S/C10H22N2OS/c1-4-12(2)10(13)9-11-7-5-6-8-14-3/h11H,4-9H2,1-3H3. The first-order chi connectivity index (χ1) is 6.72. The van der Waals surface area contributed by atoms with E-state index in [1.54, 1.807) is 4.90 Å². The number of nitrogens with zero attached hydrogens (tertiary/aromatic N) is 1. The van der Waals surface area contributed by atoms with Crippen LogP contribution in [0, 0.1) is 0 Å². The van der Waals surface area contributed by atoms with Gasteiger partial charge in [-0.3, -0.25) is 4.79 Å². The molecule has 0 saturated carbocycles. The van der Waals surface area contributed by atoms with E-state index < -0.39 is 0 Å². The lowest BCUT2D eigenvalue weighted by molar-refractivity contribution is -0.128. The van der Waals surface area contributed by atoms with Crippen molar-refractivity contribution in [2.75, 3.05) is 38.7 Å². The highest BCUT2D eigenvalue weighted by atomic mass is 32.2. The van der Waals surface area contributed by atoms with E-state index >= 15 is 0 Å². The fourth-order valence-corrected chi connectivity index (χ4v) is 1.50. The molecule has 0 saturated heterocycles. The molecule has 0 aromatic heterocycles. The zero-order valence-electron chi connectivity index (χ0n) is 9.51. The van der Waals surface area contributed by atoms with Gasteiger partial charge in [0.05, 0.1) is 6.54 Å². The van der Waals surface area contributed by atoms with Crippen LogP contribution < -0.4 is 5.32 Å². The normalized spacial score (nSPS) is 10.2. The Morgan fingerprint density at radius 3 is 2.71 bits per heavy atom. The Balaban J connectivity index is 3.23. The highest BCUT2D eigenvalue weighted by Gasteiger charge is 2.04. The Labute approximate surface area is 91.6 Å². The number of amides is 1. The molecule has 4 heteroatoms. The molecule has 0 radical (unpaired) electrons. The maximum Gasteiger partial charge on any atom is 0.236 e. The number of thioether (sulfide) groups is 1. The summed E-state index contributed by atoms with van der Waals surface area (Å²) in [4.78, 5) is 13.1. The number of hydrogen-bond donors (Lipinski definition) is 1. The summed E-state index contributed by atoms with van der Waals surface area (Å²) in [6.45, 7) is 4.19. The summed E-state index contributed by atoms with van der Waals surface area (Å²) in [6, 6.07) is 0. The molecule has 14 heavy (non-hydrogen) atoms. The minimum absolute atomic E-state index is 0.178. The minimum Gasteiger partial charge on any atom is -0.345 e. The van der Waals surface area contributed by atoms with Crippen molar-refractivity contribution in [3.63, 3.8) is 0 Å². The van der Waals surface area contributed by atoms with Crippen LogP contribution in [0.25, 0.3) is 0 Å². The van der Waals surface area contributed by atoms with Gasteiger partial charge in [0, 0.05) is 13.6 Å². The highest BCUT2D eigenvalue weighted by molar-refractivity contribution is 7.98. The third kappa shape index (κ3) is 7.21. The van der Waals surface area contributed by atoms with Crippen molar-refractivity contribution in [1.82, 2.24) is 10.2 Å². The zero-order valence-corrected chi connectivity index (χ0v) is 10.3. The van der Waals surface area contributed by atoms with Crippen LogP contribution in [0.2, 0.25) is 0 Å². The second-order valence-electron chi connectivity index (χ2n) is 3.28. The van der Waals surface area contributed by atoms with E-state index in [9.17, 15) is 4.79 Å². The summed E-state index contributed by atoms with van der Waals surface area (Å²) in [5.74, 6) is 1.39. The Morgan fingerprint density at radius 1 is 1.43 bits per heavy atom. The average molecular weight is 218 g/mol. The van der Waals surface area contributed by atoms with Gasteiger partial charge in [0.2, 0.25) is 5.91 Å². The van der Waals surface area contributed by atoms with Crippen molar-refractivity contribution in [3.8, 4) is 0 Å². The average Bonchev–Trinajstić information content (AvgIpc) is 2.21. The van der Waals surface area contributed by atoms with Gasteiger partial charge in [-0.25, -0.2) is 0 Å². The van der Waals surface area contributed by atoms with Crippen molar-refractivity contribution in [3.05, 3.63) is 0 Å². The minimum atomic E-state index is 0.178. The molecular formula is C10H22N2OS. The third-order valence-electron chi connectivity index (χ3n) is 2.13. The molecule has 0 aliphatic carbocycles. The predicted molar refractivity (Wildman–Crippen MR) is 63.8 cm³/mol. The van der Waals surface area contributed by atoms with Gasteiger partial charge in [-0.15, -0.1) is 0 Å². The first-order valence-electron chi connectivity index (χ1n) is 5.16. The summed E-state index contributed by atoms with van der Waals surface area (Å²) >= 11 is 1.87. The van der Waals surface area contributed by atoms with Crippen molar-refractivity contribution in [2.45, 2.75) is 19.8 Å². The summed E-state index contributed by atoms with van der Waals surface area (Å²) in [5.41, 5.74) is 0. The van der Waals surface area contributed by atoms with Crippen LogP contribution in [0.4, 0.5) is 0 Å². The SMILES string of the molecule is CCN(C)C(=O)CNCCCCSC. The molecule has 3 nitrogen and oxygen atoms in total. The number of rotatable bonds is 8. The largest absolute Gasteiger partial charge is 0.345 e. The molecule has 0 rings (SSSR count). The van der Waals surface area contributed by atoms with E-state index in [1.807, 2.05) is 25.7 Å². The first-order valence-corrected chi connectivity index (χ1v) is 6.55. The van der Waals surface area contributed by atoms with Gasteiger partial charge in [0.1, 0.15) is 0 Å². The van der Waals surface area contributed by atoms with Gasteiger partial charge in [0.15, 0.2) is 0 Å². The van der Waals surface area contributed by atoms with Crippen molar-refractivity contribution in [1.29, 1.82) is 0 Å². The van der Waals surface area contributed by atoms with Crippen LogP contribution >= 0.6 is 11.8 Å². The number of unbranched alkanes of at least 4 members (excludes halogenated alkanes) is 1. The predicted octanol–water partition coefficient (Wildman–Crippen LogP) is 1.20. The fourth-order valence-electron chi connectivity index (χ4n) is 1.00. The molecule has 0 atom stereocenters. The molecule has 0 aromatic carbocycles. The Morgan fingerprint density at radius 2 is 2.14 bits per heavy atom. The number of carbonyl (C=O) groups is 1. The monoisotopic (exact) mass is 218 g/mol. The summed E-state index contributed by atoms with van der Waals surface area (Å²) in [6.07, 6.45) is 4.50. The van der Waals surface area contributed by atoms with Crippen molar-refractivity contribution < 1.29 is 4.79 Å². The van der Waals surface area contributed by atoms with E-state index in [2.05, 4.69) is 11.6 Å². The van der Waals surface area contributed by atoms with Crippen LogP contribution in [0.1, 0.15) is 19.8 Å². The molecule has 84 valence electrons. The maximum absolute atomic E-state index is 11.3. The van der Waals surface area contributed by atoms with Gasteiger partial charge < -0.3 is 10.2 Å². The summed E-state index contributed by atoms with van der Waals surface area (Å²) in [7, 11) is 1.83. The number of nitrogens with one attached hydrogen (secondary N) is 1. The fraction of sp³-hybridized carbons (Fsp3) is 0.900. The van der Waals surface area contributed by atoms with Gasteiger partial charge in [0.25, 0.3) is 0 Å². The molecule has 0 spiro atoms. The van der Waals surface area contributed by atoms with E-state index in [-0.39, 0.29) is 5.91 Å². The lowest BCUT2D eigenvalue weighted by Gasteiger charge is -2.14. The second kappa shape index (κ2) is 9.34. The van der Waals surface area contributed by atoms with E-state index in [0.717, 1.165) is 19.5 Å². The molecule has 0 heterocycles. The molecular weight excluding hydrogens is 196 g/mol. The van der Waals surface area contributed by atoms with Crippen LogP contribution in [0.3, 0.4) is 0 Å². The van der Waals surface area contributed by atoms with Crippen molar-refractivity contribution in [2.24, 2.45) is 0 Å².